The van der Waals surface area contributed by atoms with E-state index in [0.717, 1.165) is 24.3 Å². The summed E-state index contributed by atoms with van der Waals surface area (Å²) in [5, 5.41) is 2.65. The van der Waals surface area contributed by atoms with Crippen LogP contribution >= 0.6 is 0 Å². The molecule has 162 valence electrons. The SMILES string of the molecule is CC(C)(C)c1ccc(NC(=O)CS(=O)(=O)Nc2ccc(N3CCCCC3)cc2)cc1. The van der Waals surface area contributed by atoms with E-state index in [9.17, 15) is 13.2 Å². The monoisotopic (exact) mass is 429 g/mol. The Bertz CT molecular complexity index is 956. The Labute approximate surface area is 179 Å². The Morgan fingerprint density at radius 2 is 1.47 bits per heavy atom. The third kappa shape index (κ3) is 6.23. The van der Waals surface area contributed by atoms with E-state index in [-0.39, 0.29) is 5.41 Å². The van der Waals surface area contributed by atoms with Gasteiger partial charge < -0.3 is 10.2 Å². The molecule has 0 aromatic heterocycles. The first-order chi connectivity index (χ1) is 14.1. The number of benzene rings is 2. The van der Waals surface area contributed by atoms with Crippen molar-refractivity contribution in [2.45, 2.75) is 45.4 Å². The van der Waals surface area contributed by atoms with Crippen molar-refractivity contribution in [2.24, 2.45) is 0 Å². The minimum atomic E-state index is -3.80. The van der Waals surface area contributed by atoms with Crippen molar-refractivity contribution >= 4 is 33.0 Å². The molecule has 1 heterocycles. The summed E-state index contributed by atoms with van der Waals surface area (Å²) in [5.74, 6) is -1.21. The van der Waals surface area contributed by atoms with Crippen molar-refractivity contribution in [2.75, 3.05) is 33.8 Å². The van der Waals surface area contributed by atoms with Gasteiger partial charge >= 0.3 is 0 Å². The first-order valence-electron chi connectivity index (χ1n) is 10.4. The Balaban J connectivity index is 1.56. The van der Waals surface area contributed by atoms with Crippen LogP contribution in [0.1, 0.15) is 45.6 Å². The summed E-state index contributed by atoms with van der Waals surface area (Å²) in [7, 11) is -3.80. The smallest absolute Gasteiger partial charge is 0.241 e. The van der Waals surface area contributed by atoms with Crippen molar-refractivity contribution < 1.29 is 13.2 Å². The van der Waals surface area contributed by atoms with Gasteiger partial charge in [0.15, 0.2) is 0 Å². The lowest BCUT2D eigenvalue weighted by Gasteiger charge is -2.28. The maximum absolute atomic E-state index is 12.4. The number of sulfonamides is 1. The number of amides is 1. The Hall–Kier alpha value is -2.54. The van der Waals surface area contributed by atoms with Crippen LogP contribution in [0, 0.1) is 0 Å². The molecule has 0 aliphatic carbocycles. The Morgan fingerprint density at radius 1 is 0.900 bits per heavy atom. The van der Waals surface area contributed by atoms with Crippen molar-refractivity contribution in [1.82, 2.24) is 0 Å². The molecule has 3 rings (SSSR count). The molecule has 1 aliphatic rings. The fraction of sp³-hybridized carbons (Fsp3) is 0.435. The van der Waals surface area contributed by atoms with Crippen LogP contribution in [-0.2, 0) is 20.2 Å². The van der Waals surface area contributed by atoms with E-state index in [1.807, 2.05) is 24.3 Å². The van der Waals surface area contributed by atoms with Crippen LogP contribution in [0.2, 0.25) is 0 Å². The van der Waals surface area contributed by atoms with E-state index in [2.05, 4.69) is 35.7 Å². The topological polar surface area (TPSA) is 78.5 Å². The van der Waals surface area contributed by atoms with Gasteiger partial charge in [0, 0.05) is 30.2 Å². The van der Waals surface area contributed by atoms with E-state index >= 15 is 0 Å². The van der Waals surface area contributed by atoms with Crippen LogP contribution in [0.25, 0.3) is 0 Å². The summed E-state index contributed by atoms with van der Waals surface area (Å²) in [4.78, 5) is 14.5. The second-order valence-corrected chi connectivity index (χ2v) is 10.6. The van der Waals surface area contributed by atoms with Crippen LogP contribution in [0.3, 0.4) is 0 Å². The van der Waals surface area contributed by atoms with Crippen LogP contribution in [0.15, 0.2) is 48.5 Å². The minimum absolute atomic E-state index is 0.0132. The molecule has 0 spiro atoms. The third-order valence-corrected chi connectivity index (χ3v) is 6.41. The molecule has 6 nitrogen and oxygen atoms in total. The zero-order valence-corrected chi connectivity index (χ0v) is 18.8. The molecule has 0 radical (unpaired) electrons. The molecular formula is C23H31N3O3S. The average Bonchev–Trinajstić information content (AvgIpc) is 2.68. The summed E-state index contributed by atoms with van der Waals surface area (Å²) in [6, 6.07) is 14.8. The third-order valence-electron chi connectivity index (χ3n) is 5.22. The van der Waals surface area contributed by atoms with E-state index in [1.165, 1.54) is 19.3 Å². The molecular weight excluding hydrogens is 398 g/mol. The minimum Gasteiger partial charge on any atom is -0.372 e. The lowest BCUT2D eigenvalue weighted by atomic mass is 9.87. The van der Waals surface area contributed by atoms with Gasteiger partial charge in [-0.2, -0.15) is 0 Å². The maximum atomic E-state index is 12.4. The largest absolute Gasteiger partial charge is 0.372 e. The molecule has 1 amide bonds. The van der Waals surface area contributed by atoms with Crippen molar-refractivity contribution in [3.63, 3.8) is 0 Å². The van der Waals surface area contributed by atoms with E-state index in [1.54, 1.807) is 24.3 Å². The number of carbonyl (C=O) groups is 1. The number of nitrogens with one attached hydrogen (secondary N) is 2. The molecule has 2 aromatic rings. The predicted molar refractivity (Wildman–Crippen MR) is 124 cm³/mol. The summed E-state index contributed by atoms with van der Waals surface area (Å²) in [6.45, 7) is 8.39. The van der Waals surface area contributed by atoms with Crippen molar-refractivity contribution in [3.8, 4) is 0 Å². The predicted octanol–water partition coefficient (Wildman–Crippen LogP) is 4.35. The molecule has 0 bridgehead atoms. The average molecular weight is 430 g/mol. The summed E-state index contributed by atoms with van der Waals surface area (Å²) < 4.78 is 27.3. The highest BCUT2D eigenvalue weighted by atomic mass is 32.2. The first kappa shape index (κ1) is 22.2. The zero-order valence-electron chi connectivity index (χ0n) is 17.9. The summed E-state index contributed by atoms with van der Waals surface area (Å²) in [6.07, 6.45) is 3.63. The molecule has 1 aliphatic heterocycles. The van der Waals surface area contributed by atoms with E-state index in [4.69, 9.17) is 0 Å². The van der Waals surface area contributed by atoms with Gasteiger partial charge in [0.25, 0.3) is 0 Å². The molecule has 30 heavy (non-hydrogen) atoms. The first-order valence-corrected chi connectivity index (χ1v) is 12.0. The standard InChI is InChI=1S/C23H31N3O3S/c1-23(2,3)18-7-9-19(10-8-18)24-22(27)17-30(28,29)25-20-11-13-21(14-12-20)26-15-5-4-6-16-26/h7-14,25H,4-6,15-17H2,1-3H3,(H,24,27). The van der Waals surface area contributed by atoms with Gasteiger partial charge in [-0.25, -0.2) is 8.42 Å². The van der Waals surface area contributed by atoms with Gasteiger partial charge in [0.05, 0.1) is 0 Å². The van der Waals surface area contributed by atoms with Crippen molar-refractivity contribution in [1.29, 1.82) is 0 Å². The molecule has 2 aromatic carbocycles. The number of hydrogen-bond acceptors (Lipinski definition) is 4. The molecule has 2 N–H and O–H groups in total. The number of nitrogens with zero attached hydrogens (tertiary/aromatic N) is 1. The number of hydrogen-bond donors (Lipinski definition) is 2. The Kier molecular flexibility index (Phi) is 6.71. The van der Waals surface area contributed by atoms with Gasteiger partial charge in [-0.1, -0.05) is 32.9 Å². The fourth-order valence-electron chi connectivity index (χ4n) is 3.53. The van der Waals surface area contributed by atoms with Gasteiger partial charge in [-0.05, 0) is 66.6 Å². The molecule has 1 fully saturated rings. The quantitative estimate of drug-likeness (QED) is 0.715. The number of rotatable bonds is 6. The van der Waals surface area contributed by atoms with Gasteiger partial charge in [-0.15, -0.1) is 0 Å². The highest BCUT2D eigenvalue weighted by Crippen LogP contribution is 2.24. The highest BCUT2D eigenvalue weighted by Gasteiger charge is 2.18. The van der Waals surface area contributed by atoms with Crippen LogP contribution in [0.4, 0.5) is 17.1 Å². The maximum Gasteiger partial charge on any atom is 0.241 e. The van der Waals surface area contributed by atoms with Gasteiger partial charge in [-0.3, -0.25) is 9.52 Å². The number of anilines is 3. The molecule has 0 atom stereocenters. The van der Waals surface area contributed by atoms with Crippen LogP contribution in [-0.4, -0.2) is 33.2 Å². The number of piperidine rings is 1. The van der Waals surface area contributed by atoms with Crippen LogP contribution < -0.4 is 14.9 Å². The van der Waals surface area contributed by atoms with E-state index < -0.39 is 21.7 Å². The number of carbonyl (C=O) groups excluding carboxylic acids is 1. The van der Waals surface area contributed by atoms with Crippen LogP contribution in [0.5, 0.6) is 0 Å². The van der Waals surface area contributed by atoms with Gasteiger partial charge in [0.1, 0.15) is 5.75 Å². The molecule has 0 unspecified atom stereocenters. The van der Waals surface area contributed by atoms with Crippen molar-refractivity contribution in [3.05, 3.63) is 54.1 Å². The summed E-state index contributed by atoms with van der Waals surface area (Å²) >= 11 is 0. The fourth-order valence-corrected chi connectivity index (χ4v) is 4.52. The Morgan fingerprint density at radius 3 is 2.03 bits per heavy atom. The lowest BCUT2D eigenvalue weighted by molar-refractivity contribution is -0.113. The normalized spacial score (nSPS) is 15.0. The highest BCUT2D eigenvalue weighted by molar-refractivity contribution is 7.93. The lowest BCUT2D eigenvalue weighted by Crippen LogP contribution is -2.29. The second kappa shape index (κ2) is 9.08. The second-order valence-electron chi connectivity index (χ2n) is 8.83. The molecule has 7 heteroatoms. The van der Waals surface area contributed by atoms with E-state index in [0.29, 0.717) is 11.4 Å². The molecule has 1 saturated heterocycles. The zero-order chi connectivity index (χ0) is 21.8. The summed E-state index contributed by atoms with van der Waals surface area (Å²) in [5.41, 5.74) is 3.28. The van der Waals surface area contributed by atoms with Gasteiger partial charge in [0.2, 0.25) is 15.9 Å². The molecule has 0 saturated carbocycles.